The first-order chi connectivity index (χ1) is 9.47. The maximum Gasteiger partial charge on any atom is 0.322 e. The molecule has 5 heteroatoms. The van der Waals surface area contributed by atoms with Gasteiger partial charge in [0.15, 0.2) is 0 Å². The van der Waals surface area contributed by atoms with E-state index in [0.717, 1.165) is 0 Å². The third-order valence-electron chi connectivity index (χ3n) is 2.91. The molecule has 1 N–H and O–H groups in total. The van der Waals surface area contributed by atoms with Crippen molar-refractivity contribution < 1.29 is 13.9 Å². The van der Waals surface area contributed by atoms with Crippen molar-refractivity contribution in [3.63, 3.8) is 0 Å². The Morgan fingerprint density at radius 3 is 2.70 bits per heavy atom. The van der Waals surface area contributed by atoms with Crippen LogP contribution >= 0.6 is 0 Å². The number of hydrogen-bond acceptors (Lipinski definition) is 4. The highest BCUT2D eigenvalue weighted by Crippen LogP contribution is 2.12. The molecule has 4 nitrogen and oxygen atoms in total. The predicted molar refractivity (Wildman–Crippen MR) is 73.2 cm³/mol. The average molecular weight is 278 g/mol. The van der Waals surface area contributed by atoms with Crippen LogP contribution in [0.5, 0.6) is 0 Å². The number of ether oxygens (including phenoxy) is 1. The van der Waals surface area contributed by atoms with Gasteiger partial charge in [0.1, 0.15) is 11.9 Å². The van der Waals surface area contributed by atoms with Crippen molar-refractivity contribution in [1.29, 1.82) is 5.26 Å². The van der Waals surface area contributed by atoms with Crippen molar-refractivity contribution in [2.75, 3.05) is 7.11 Å². The van der Waals surface area contributed by atoms with Crippen molar-refractivity contribution in [1.82, 2.24) is 5.32 Å². The lowest BCUT2D eigenvalue weighted by Crippen LogP contribution is -2.38. The molecule has 0 heterocycles. The Morgan fingerprint density at radius 2 is 2.20 bits per heavy atom. The third kappa shape index (κ3) is 4.63. The van der Waals surface area contributed by atoms with Crippen LogP contribution < -0.4 is 5.32 Å². The molecule has 0 aliphatic rings. The van der Waals surface area contributed by atoms with E-state index in [2.05, 4.69) is 5.32 Å². The van der Waals surface area contributed by atoms with Crippen LogP contribution in [0.2, 0.25) is 0 Å². The lowest BCUT2D eigenvalue weighted by Gasteiger charge is -2.18. The highest BCUT2D eigenvalue weighted by molar-refractivity contribution is 5.75. The summed E-state index contributed by atoms with van der Waals surface area (Å²) in [6, 6.07) is 5.70. The maximum absolute atomic E-state index is 13.7. The largest absolute Gasteiger partial charge is 0.468 e. The number of rotatable bonds is 6. The fourth-order valence-corrected chi connectivity index (χ4v) is 1.87. The molecular weight excluding hydrogens is 259 g/mol. The number of nitrogens with one attached hydrogen (secondary N) is 1. The molecule has 1 rings (SSSR count). The van der Waals surface area contributed by atoms with Crippen LogP contribution in [0, 0.1) is 23.1 Å². The number of halogens is 1. The molecule has 0 aromatic heterocycles. The summed E-state index contributed by atoms with van der Waals surface area (Å²) in [6.07, 6.45) is 0.616. The fourth-order valence-electron chi connectivity index (χ4n) is 1.87. The second-order valence-corrected chi connectivity index (χ2v) is 5.00. The third-order valence-corrected chi connectivity index (χ3v) is 2.91. The first-order valence-electron chi connectivity index (χ1n) is 6.47. The molecule has 1 aromatic rings. The Morgan fingerprint density at radius 1 is 1.50 bits per heavy atom. The molecule has 108 valence electrons. The number of nitriles is 1. The van der Waals surface area contributed by atoms with E-state index in [1.54, 1.807) is 12.1 Å². The second kappa shape index (κ2) is 7.61. The Balaban J connectivity index is 2.72. The van der Waals surface area contributed by atoms with Crippen molar-refractivity contribution in [2.45, 2.75) is 32.9 Å². The molecule has 0 bridgehead atoms. The normalized spacial score (nSPS) is 12.0. The number of methoxy groups -OCH3 is 1. The zero-order valence-electron chi connectivity index (χ0n) is 11.9. The van der Waals surface area contributed by atoms with Crippen molar-refractivity contribution in [3.8, 4) is 6.07 Å². The first-order valence-corrected chi connectivity index (χ1v) is 6.47. The van der Waals surface area contributed by atoms with Gasteiger partial charge in [-0.15, -0.1) is 0 Å². The lowest BCUT2D eigenvalue weighted by atomic mass is 10.0. The molecule has 20 heavy (non-hydrogen) atoms. The Hall–Kier alpha value is -1.93. The van der Waals surface area contributed by atoms with Gasteiger partial charge in [0, 0.05) is 12.1 Å². The molecule has 0 saturated heterocycles. The molecule has 1 unspecified atom stereocenters. The summed E-state index contributed by atoms with van der Waals surface area (Å²) in [6.45, 7) is 4.21. The molecule has 0 aliphatic heterocycles. The van der Waals surface area contributed by atoms with Gasteiger partial charge in [-0.3, -0.25) is 4.79 Å². The molecule has 1 aromatic carbocycles. The molecule has 0 radical (unpaired) electrons. The minimum absolute atomic E-state index is 0.212. The van der Waals surface area contributed by atoms with Gasteiger partial charge in [-0.25, -0.2) is 4.39 Å². The molecule has 0 spiro atoms. The van der Waals surface area contributed by atoms with Crippen LogP contribution in [0.25, 0.3) is 0 Å². The molecule has 0 saturated carbocycles. The van der Waals surface area contributed by atoms with Crippen molar-refractivity contribution >= 4 is 5.97 Å². The summed E-state index contributed by atoms with van der Waals surface area (Å²) in [4.78, 5) is 11.6. The second-order valence-electron chi connectivity index (χ2n) is 5.00. The first kappa shape index (κ1) is 16.1. The predicted octanol–water partition coefficient (Wildman–Crippen LogP) is 2.37. The zero-order valence-corrected chi connectivity index (χ0v) is 11.9. The number of hydrogen-bond donors (Lipinski definition) is 1. The van der Waals surface area contributed by atoms with Crippen LogP contribution in [0.15, 0.2) is 18.2 Å². The number of esters is 1. The summed E-state index contributed by atoms with van der Waals surface area (Å²) in [5.41, 5.74) is 0.694. The summed E-state index contributed by atoms with van der Waals surface area (Å²) >= 11 is 0. The van der Waals surface area contributed by atoms with Crippen LogP contribution in [-0.2, 0) is 16.1 Å². The van der Waals surface area contributed by atoms with Gasteiger partial charge in [0.25, 0.3) is 0 Å². The quantitative estimate of drug-likeness (QED) is 0.811. The Kier molecular flexibility index (Phi) is 6.13. The van der Waals surface area contributed by atoms with E-state index < -0.39 is 11.9 Å². The van der Waals surface area contributed by atoms with E-state index in [-0.39, 0.29) is 18.1 Å². The summed E-state index contributed by atoms with van der Waals surface area (Å²) in [5, 5.41) is 11.7. The number of carbonyl (C=O) groups excluding carboxylic acids is 1. The minimum atomic E-state index is -0.463. The Labute approximate surface area is 118 Å². The zero-order chi connectivity index (χ0) is 15.1. The van der Waals surface area contributed by atoms with Gasteiger partial charge in [-0.2, -0.15) is 5.26 Å². The van der Waals surface area contributed by atoms with Gasteiger partial charge < -0.3 is 10.1 Å². The molecular formula is C15H19FN2O2. The van der Waals surface area contributed by atoms with Crippen LogP contribution in [0.3, 0.4) is 0 Å². The topological polar surface area (TPSA) is 62.1 Å². The van der Waals surface area contributed by atoms with Crippen LogP contribution in [0.1, 0.15) is 31.4 Å². The summed E-state index contributed by atoms with van der Waals surface area (Å²) < 4.78 is 18.5. The monoisotopic (exact) mass is 278 g/mol. The fraction of sp³-hybridized carbons (Fsp3) is 0.467. The molecule has 0 amide bonds. The molecule has 0 aliphatic carbocycles. The van der Waals surface area contributed by atoms with Crippen LogP contribution in [0.4, 0.5) is 4.39 Å². The van der Waals surface area contributed by atoms with E-state index in [4.69, 9.17) is 10.00 Å². The maximum atomic E-state index is 13.7. The van der Waals surface area contributed by atoms with E-state index in [1.807, 2.05) is 19.9 Å². The smallest absolute Gasteiger partial charge is 0.322 e. The van der Waals surface area contributed by atoms with Gasteiger partial charge in [0.2, 0.25) is 0 Å². The average Bonchev–Trinajstić information content (AvgIpc) is 2.43. The lowest BCUT2D eigenvalue weighted by molar-refractivity contribution is -0.143. The number of benzene rings is 1. The van der Waals surface area contributed by atoms with E-state index in [9.17, 15) is 9.18 Å². The van der Waals surface area contributed by atoms with Gasteiger partial charge >= 0.3 is 5.97 Å². The standard InChI is InChI=1S/C15H19FN2O2/c1-10(2)6-14(15(19)20-3)18-9-12-5-4-11(8-17)7-13(12)16/h4-5,7,10,14,18H,6,9H2,1-3H3. The highest BCUT2D eigenvalue weighted by atomic mass is 19.1. The van der Waals surface area contributed by atoms with E-state index >= 15 is 0 Å². The van der Waals surface area contributed by atoms with E-state index in [1.165, 1.54) is 13.2 Å². The highest BCUT2D eigenvalue weighted by Gasteiger charge is 2.20. The van der Waals surface area contributed by atoms with Crippen molar-refractivity contribution in [2.24, 2.45) is 5.92 Å². The molecule has 1 atom stereocenters. The SMILES string of the molecule is COC(=O)C(CC(C)C)NCc1ccc(C#N)cc1F. The summed E-state index contributed by atoms with van der Waals surface area (Å²) in [5.74, 6) is -0.491. The van der Waals surface area contributed by atoms with Gasteiger partial charge in [0.05, 0.1) is 18.7 Å². The Bertz CT molecular complexity index is 509. The summed E-state index contributed by atoms with van der Waals surface area (Å²) in [7, 11) is 1.33. The number of nitrogens with zero attached hydrogens (tertiary/aromatic N) is 1. The van der Waals surface area contributed by atoms with Gasteiger partial charge in [-0.1, -0.05) is 19.9 Å². The van der Waals surface area contributed by atoms with E-state index in [0.29, 0.717) is 17.9 Å². The van der Waals surface area contributed by atoms with Crippen LogP contribution in [-0.4, -0.2) is 19.1 Å². The number of carbonyl (C=O) groups is 1. The van der Waals surface area contributed by atoms with Crippen molar-refractivity contribution in [3.05, 3.63) is 35.1 Å². The minimum Gasteiger partial charge on any atom is -0.468 e. The van der Waals surface area contributed by atoms with Gasteiger partial charge in [-0.05, 0) is 24.5 Å². The molecule has 0 fully saturated rings.